The number of carbonyl (C=O) groups excluding carboxylic acids is 3. The van der Waals surface area contributed by atoms with Gasteiger partial charge < -0.3 is 14.2 Å². The zero-order chi connectivity index (χ0) is 25.7. The van der Waals surface area contributed by atoms with Crippen molar-refractivity contribution >= 4 is 63.2 Å². The number of ether oxygens (including phenoxy) is 3. The molecule has 2 aromatic rings. The van der Waals surface area contributed by atoms with E-state index in [1.165, 1.54) is 26.2 Å². The van der Waals surface area contributed by atoms with Gasteiger partial charge in [0.2, 0.25) is 0 Å². The summed E-state index contributed by atoms with van der Waals surface area (Å²) in [5, 5.41) is 10.3. The summed E-state index contributed by atoms with van der Waals surface area (Å²) in [6.07, 6.45) is 1.56. The summed E-state index contributed by atoms with van der Waals surface area (Å²) < 4.78 is 17.0. The van der Waals surface area contributed by atoms with Gasteiger partial charge in [-0.3, -0.25) is 24.6 Å². The van der Waals surface area contributed by atoms with Crippen LogP contribution in [0.25, 0.3) is 6.08 Å². The number of benzene rings is 2. The average molecular weight is 612 g/mol. The van der Waals surface area contributed by atoms with Crippen LogP contribution in [0.3, 0.4) is 0 Å². The molecule has 12 heteroatoms. The Morgan fingerprint density at radius 1 is 1.23 bits per heavy atom. The molecular formula is C23H21IN2O8S. The van der Waals surface area contributed by atoms with E-state index in [2.05, 4.69) is 27.3 Å². The van der Waals surface area contributed by atoms with E-state index in [1.54, 1.807) is 30.3 Å². The number of esters is 1. The summed E-state index contributed by atoms with van der Waals surface area (Å²) in [7, 11) is 1.19. The highest BCUT2D eigenvalue weighted by molar-refractivity contribution is 14.1. The second kappa shape index (κ2) is 11.5. The number of nitro benzene ring substituents is 1. The number of nitro groups is 1. The van der Waals surface area contributed by atoms with E-state index in [0.29, 0.717) is 27.2 Å². The maximum absolute atomic E-state index is 12.8. The van der Waals surface area contributed by atoms with E-state index in [4.69, 9.17) is 9.47 Å². The van der Waals surface area contributed by atoms with Crippen LogP contribution in [0.2, 0.25) is 0 Å². The van der Waals surface area contributed by atoms with Crippen molar-refractivity contribution in [3.63, 3.8) is 0 Å². The molecule has 0 spiro atoms. The number of hydrogen-bond acceptors (Lipinski definition) is 9. The maximum Gasteiger partial charge on any atom is 0.328 e. The van der Waals surface area contributed by atoms with Gasteiger partial charge >= 0.3 is 5.97 Å². The maximum atomic E-state index is 12.8. The van der Waals surface area contributed by atoms with Gasteiger partial charge in [0.1, 0.15) is 12.6 Å². The van der Waals surface area contributed by atoms with Gasteiger partial charge in [0, 0.05) is 12.1 Å². The Bertz CT molecular complexity index is 1200. The third kappa shape index (κ3) is 6.11. The van der Waals surface area contributed by atoms with E-state index >= 15 is 0 Å². The molecular weight excluding hydrogens is 591 g/mol. The van der Waals surface area contributed by atoms with Crippen molar-refractivity contribution < 1.29 is 33.5 Å². The van der Waals surface area contributed by atoms with Gasteiger partial charge in [-0.1, -0.05) is 0 Å². The molecule has 0 aliphatic carbocycles. The van der Waals surface area contributed by atoms with Gasteiger partial charge in [-0.25, -0.2) is 4.79 Å². The van der Waals surface area contributed by atoms with Crippen LogP contribution in [-0.4, -0.2) is 46.7 Å². The minimum absolute atomic E-state index is 0.00640. The molecule has 0 N–H and O–H groups in total. The van der Waals surface area contributed by atoms with Crippen molar-refractivity contribution in [2.75, 3.05) is 13.7 Å². The van der Waals surface area contributed by atoms with Crippen molar-refractivity contribution in [1.82, 2.24) is 4.90 Å². The zero-order valence-electron chi connectivity index (χ0n) is 19.0. The first-order valence-corrected chi connectivity index (χ1v) is 12.2. The van der Waals surface area contributed by atoms with Crippen molar-refractivity contribution in [2.24, 2.45) is 0 Å². The summed E-state index contributed by atoms with van der Waals surface area (Å²) in [5.41, 5.74) is 1.34. The third-order valence-electron chi connectivity index (χ3n) is 4.91. The number of imide groups is 1. The second-order valence-electron chi connectivity index (χ2n) is 7.23. The molecule has 1 aliphatic heterocycles. The van der Waals surface area contributed by atoms with Gasteiger partial charge in [-0.15, -0.1) is 0 Å². The molecule has 1 saturated heterocycles. The summed E-state index contributed by atoms with van der Waals surface area (Å²) in [4.78, 5) is 48.3. The van der Waals surface area contributed by atoms with Crippen LogP contribution >= 0.6 is 34.4 Å². The fourth-order valence-electron chi connectivity index (χ4n) is 3.18. The predicted molar refractivity (Wildman–Crippen MR) is 137 cm³/mol. The van der Waals surface area contributed by atoms with Crippen molar-refractivity contribution in [3.8, 4) is 11.5 Å². The zero-order valence-corrected chi connectivity index (χ0v) is 22.0. The number of halogens is 1. The molecule has 35 heavy (non-hydrogen) atoms. The van der Waals surface area contributed by atoms with Crippen LogP contribution in [0, 0.1) is 13.7 Å². The van der Waals surface area contributed by atoms with Gasteiger partial charge in [-0.2, -0.15) is 0 Å². The lowest BCUT2D eigenvalue weighted by atomic mass is 10.1. The van der Waals surface area contributed by atoms with Crippen LogP contribution < -0.4 is 9.47 Å². The summed E-state index contributed by atoms with van der Waals surface area (Å²) in [5.74, 6) is -0.342. The lowest BCUT2D eigenvalue weighted by Gasteiger charge is -2.18. The number of amides is 2. The summed E-state index contributed by atoms with van der Waals surface area (Å²) in [6.45, 7) is 3.77. The first kappa shape index (κ1) is 26.5. The summed E-state index contributed by atoms with van der Waals surface area (Å²) >= 11 is 2.82. The average Bonchev–Trinajstić information content (AvgIpc) is 3.10. The molecule has 2 aromatic carbocycles. The normalized spacial score (nSPS) is 15.3. The smallest absolute Gasteiger partial charge is 0.328 e. The van der Waals surface area contributed by atoms with Crippen LogP contribution in [0.1, 0.15) is 25.0 Å². The van der Waals surface area contributed by atoms with Crippen molar-refractivity contribution in [1.29, 1.82) is 0 Å². The summed E-state index contributed by atoms with van der Waals surface area (Å²) in [6, 6.07) is 8.47. The Kier molecular flexibility index (Phi) is 8.72. The Labute approximate surface area is 218 Å². The lowest BCUT2D eigenvalue weighted by Crippen LogP contribution is -2.42. The molecule has 1 fully saturated rings. The Balaban J connectivity index is 1.84. The molecule has 0 unspecified atom stereocenters. The quantitative estimate of drug-likeness (QED) is 0.129. The molecule has 10 nitrogen and oxygen atoms in total. The van der Waals surface area contributed by atoms with Gasteiger partial charge in [0.05, 0.1) is 27.1 Å². The molecule has 3 rings (SSSR count). The highest BCUT2D eigenvalue weighted by Crippen LogP contribution is 2.38. The minimum atomic E-state index is -1.03. The molecule has 1 heterocycles. The molecule has 184 valence electrons. The predicted octanol–water partition coefficient (Wildman–Crippen LogP) is 4.77. The minimum Gasteiger partial charge on any atom is -0.490 e. The van der Waals surface area contributed by atoms with Crippen molar-refractivity contribution in [2.45, 2.75) is 26.5 Å². The number of rotatable bonds is 9. The third-order valence-corrected chi connectivity index (χ3v) is 6.60. The SMILES string of the molecule is CCOc1cc(/C=C2/SC(=O)N([C@@H](C)C(=O)OC)C2=O)cc(I)c1OCc1ccc([N+](=O)[O-])cc1. The first-order valence-electron chi connectivity index (χ1n) is 10.3. The second-order valence-corrected chi connectivity index (χ2v) is 9.38. The monoisotopic (exact) mass is 612 g/mol. The van der Waals surface area contributed by atoms with Crippen LogP contribution in [0.5, 0.6) is 11.5 Å². The molecule has 0 bridgehead atoms. The molecule has 0 saturated carbocycles. The fourth-order valence-corrected chi connectivity index (χ4v) is 4.87. The Morgan fingerprint density at radius 2 is 1.91 bits per heavy atom. The Hall–Kier alpha value is -3.13. The number of thioether (sulfide) groups is 1. The topological polar surface area (TPSA) is 125 Å². The standard InChI is InChI=1S/C23H21IN2O8S/c1-4-33-18-10-15(11-19-21(27)25(23(29)35-19)13(2)22(28)32-3)9-17(24)20(18)34-12-14-5-7-16(8-6-14)26(30)31/h5-11,13H,4,12H2,1-3H3/b19-11+/t13-/m0/s1. The van der Waals surface area contributed by atoms with Crippen LogP contribution in [-0.2, 0) is 20.9 Å². The van der Waals surface area contributed by atoms with Crippen LogP contribution in [0.4, 0.5) is 10.5 Å². The first-order chi connectivity index (χ1) is 16.7. The highest BCUT2D eigenvalue weighted by atomic mass is 127. The number of methoxy groups -OCH3 is 1. The number of nitrogens with zero attached hydrogens (tertiary/aromatic N) is 2. The number of hydrogen-bond donors (Lipinski definition) is 0. The van der Waals surface area contributed by atoms with Gasteiger partial charge in [0.15, 0.2) is 11.5 Å². The van der Waals surface area contributed by atoms with E-state index < -0.39 is 28.1 Å². The molecule has 0 aromatic heterocycles. The lowest BCUT2D eigenvalue weighted by molar-refractivity contribution is -0.384. The largest absolute Gasteiger partial charge is 0.490 e. The van der Waals surface area contributed by atoms with E-state index in [-0.39, 0.29) is 17.2 Å². The molecule has 1 aliphatic rings. The fraction of sp³-hybridized carbons (Fsp3) is 0.261. The van der Waals surface area contributed by atoms with Crippen LogP contribution in [0.15, 0.2) is 41.3 Å². The highest BCUT2D eigenvalue weighted by Gasteiger charge is 2.41. The van der Waals surface area contributed by atoms with E-state index in [9.17, 15) is 24.5 Å². The molecule has 0 radical (unpaired) electrons. The Morgan fingerprint density at radius 3 is 2.51 bits per heavy atom. The van der Waals surface area contributed by atoms with E-state index in [1.807, 2.05) is 6.92 Å². The number of carbonyl (C=O) groups is 3. The molecule has 2 amide bonds. The van der Waals surface area contributed by atoms with Gasteiger partial charge in [-0.05, 0) is 89.7 Å². The van der Waals surface area contributed by atoms with E-state index in [0.717, 1.165) is 22.2 Å². The molecule has 1 atom stereocenters. The van der Waals surface area contributed by atoms with Crippen molar-refractivity contribution in [3.05, 3.63) is 66.1 Å². The van der Waals surface area contributed by atoms with Gasteiger partial charge in [0.25, 0.3) is 16.8 Å². The number of non-ortho nitro benzene ring substituents is 1.